The summed E-state index contributed by atoms with van der Waals surface area (Å²) in [5.41, 5.74) is 0.615. The monoisotopic (exact) mass is 304 g/mol. The number of carbonyl (C=O) groups is 2. The molecule has 4 bridgehead atoms. The molecule has 0 saturated heterocycles. The van der Waals surface area contributed by atoms with Gasteiger partial charge in [-0.1, -0.05) is 41.5 Å². The van der Waals surface area contributed by atoms with Gasteiger partial charge in [0.15, 0.2) is 0 Å². The smallest absolute Gasteiger partial charge is 0.139 e. The summed E-state index contributed by atoms with van der Waals surface area (Å²) in [5.74, 6) is 2.39. The Morgan fingerprint density at radius 1 is 0.682 bits per heavy atom. The molecule has 4 aliphatic rings. The molecule has 4 aliphatic carbocycles. The summed E-state index contributed by atoms with van der Waals surface area (Å²) < 4.78 is 0. The van der Waals surface area contributed by atoms with Gasteiger partial charge in [0.1, 0.15) is 11.6 Å². The maximum atomic E-state index is 11.6. The fourth-order valence-electron chi connectivity index (χ4n) is 5.80. The zero-order valence-electron chi connectivity index (χ0n) is 15.2. The average molecular weight is 304 g/mol. The highest BCUT2D eigenvalue weighted by molar-refractivity contribution is 5.89. The first kappa shape index (κ1) is 16.2. The fraction of sp³-hybridized carbons (Fsp3) is 0.900. The lowest BCUT2D eigenvalue weighted by Gasteiger charge is -2.32. The normalized spacial score (nSPS) is 46.8. The van der Waals surface area contributed by atoms with E-state index < -0.39 is 0 Å². The average Bonchev–Trinajstić information content (AvgIpc) is 2.91. The summed E-state index contributed by atoms with van der Waals surface area (Å²) in [7, 11) is 0. The predicted octanol–water partition coefficient (Wildman–Crippen LogP) is 4.80. The zero-order chi connectivity index (χ0) is 16.6. The largest absolute Gasteiger partial charge is 0.299 e. The van der Waals surface area contributed by atoms with Crippen LogP contribution in [0.5, 0.6) is 0 Å². The van der Waals surface area contributed by atoms with Crippen molar-refractivity contribution in [1.29, 1.82) is 0 Å². The van der Waals surface area contributed by atoms with Gasteiger partial charge in [-0.3, -0.25) is 9.59 Å². The Kier molecular flexibility index (Phi) is 3.28. The van der Waals surface area contributed by atoms with Crippen LogP contribution in [0.1, 0.15) is 80.1 Å². The summed E-state index contributed by atoms with van der Waals surface area (Å²) in [6, 6.07) is 0. The second-order valence-corrected chi connectivity index (χ2v) is 9.83. The molecule has 3 unspecified atom stereocenters. The summed E-state index contributed by atoms with van der Waals surface area (Å²) in [4.78, 5) is 23.1. The first-order valence-corrected chi connectivity index (χ1v) is 9.03. The van der Waals surface area contributed by atoms with Crippen LogP contribution in [0.4, 0.5) is 0 Å². The van der Waals surface area contributed by atoms with Gasteiger partial charge >= 0.3 is 0 Å². The molecular formula is C20H32O2. The first-order valence-electron chi connectivity index (χ1n) is 9.03. The minimum atomic E-state index is 0.0255. The number of rotatable bonds is 0. The summed E-state index contributed by atoms with van der Waals surface area (Å²) in [6.07, 6.45) is 6.50. The molecule has 4 fully saturated rings. The van der Waals surface area contributed by atoms with Crippen molar-refractivity contribution in [2.45, 2.75) is 80.1 Å². The SMILES string of the molecule is CC1(C)C2CC[C@@]1(C)C(=O)C2.CC12CCC(CC1=O)C2(C)C. The van der Waals surface area contributed by atoms with E-state index in [1.807, 2.05) is 0 Å². The predicted molar refractivity (Wildman–Crippen MR) is 88.5 cm³/mol. The molecule has 22 heavy (non-hydrogen) atoms. The van der Waals surface area contributed by atoms with Crippen molar-refractivity contribution in [3.05, 3.63) is 0 Å². The Morgan fingerprint density at radius 3 is 1.09 bits per heavy atom. The van der Waals surface area contributed by atoms with E-state index in [4.69, 9.17) is 0 Å². The Morgan fingerprint density at radius 2 is 1.00 bits per heavy atom. The van der Waals surface area contributed by atoms with Crippen molar-refractivity contribution in [3.8, 4) is 0 Å². The van der Waals surface area contributed by atoms with Gasteiger partial charge in [-0.05, 0) is 48.3 Å². The fourth-order valence-corrected chi connectivity index (χ4v) is 5.80. The first-order chi connectivity index (χ1) is 9.97. The van der Waals surface area contributed by atoms with Crippen LogP contribution in [-0.2, 0) is 9.59 Å². The number of hydrogen-bond donors (Lipinski definition) is 0. The second kappa shape index (κ2) is 4.45. The molecule has 0 N–H and O–H groups in total. The van der Waals surface area contributed by atoms with Crippen LogP contribution >= 0.6 is 0 Å². The molecule has 0 heterocycles. The van der Waals surface area contributed by atoms with Crippen LogP contribution < -0.4 is 0 Å². The lowest BCUT2D eigenvalue weighted by Crippen LogP contribution is -2.32. The van der Waals surface area contributed by atoms with E-state index in [1.54, 1.807) is 0 Å². The van der Waals surface area contributed by atoms with Gasteiger partial charge in [-0.25, -0.2) is 0 Å². The van der Waals surface area contributed by atoms with Gasteiger partial charge in [0.25, 0.3) is 0 Å². The zero-order valence-corrected chi connectivity index (χ0v) is 15.2. The van der Waals surface area contributed by atoms with Gasteiger partial charge < -0.3 is 0 Å². The number of fused-ring (bicyclic) bond motifs is 4. The third-order valence-electron chi connectivity index (χ3n) is 8.97. The molecule has 0 spiro atoms. The molecule has 0 aromatic heterocycles. The van der Waals surface area contributed by atoms with E-state index in [0.717, 1.165) is 25.7 Å². The highest BCUT2D eigenvalue weighted by atomic mass is 16.1. The maximum Gasteiger partial charge on any atom is 0.139 e. The molecule has 0 aromatic rings. The number of Topliss-reactive ketones (excluding diaryl/α,β-unsaturated/α-hetero) is 2. The van der Waals surface area contributed by atoms with Crippen LogP contribution in [-0.4, -0.2) is 11.6 Å². The van der Waals surface area contributed by atoms with E-state index in [1.165, 1.54) is 12.8 Å². The van der Waals surface area contributed by atoms with E-state index in [9.17, 15) is 9.59 Å². The standard InChI is InChI=1S/2C10H16O/c2*1-9(2)7-4-5-10(9,3)8(11)6-7/h2*7H,4-6H2,1-3H3/t7?,10-;/m0./s1. The van der Waals surface area contributed by atoms with E-state index in [0.29, 0.717) is 23.4 Å². The number of carbonyl (C=O) groups excluding carboxylic acids is 2. The molecule has 2 heteroatoms. The molecular weight excluding hydrogens is 272 g/mol. The van der Waals surface area contributed by atoms with Crippen molar-refractivity contribution in [2.24, 2.45) is 33.5 Å². The topological polar surface area (TPSA) is 34.1 Å². The molecule has 0 aliphatic heterocycles. The minimum absolute atomic E-state index is 0.0255. The highest BCUT2D eigenvalue weighted by Gasteiger charge is 2.62. The number of hydrogen-bond acceptors (Lipinski definition) is 2. The van der Waals surface area contributed by atoms with Crippen LogP contribution in [0.15, 0.2) is 0 Å². The van der Waals surface area contributed by atoms with E-state index in [2.05, 4.69) is 41.5 Å². The van der Waals surface area contributed by atoms with Crippen molar-refractivity contribution < 1.29 is 9.59 Å². The highest BCUT2D eigenvalue weighted by Crippen LogP contribution is 2.64. The second-order valence-electron chi connectivity index (χ2n) is 9.83. The van der Waals surface area contributed by atoms with E-state index >= 15 is 0 Å². The quantitative estimate of drug-likeness (QED) is 0.644. The molecule has 0 aromatic carbocycles. The molecule has 0 radical (unpaired) electrons. The van der Waals surface area contributed by atoms with Crippen molar-refractivity contribution in [3.63, 3.8) is 0 Å². The summed E-state index contributed by atoms with van der Waals surface area (Å²) in [6.45, 7) is 13.3. The summed E-state index contributed by atoms with van der Waals surface area (Å²) >= 11 is 0. The lowest BCUT2D eigenvalue weighted by atomic mass is 9.70. The van der Waals surface area contributed by atoms with Crippen molar-refractivity contribution in [2.75, 3.05) is 0 Å². The molecule has 0 amide bonds. The van der Waals surface area contributed by atoms with Crippen LogP contribution in [0, 0.1) is 33.5 Å². The van der Waals surface area contributed by atoms with Crippen molar-refractivity contribution >= 4 is 11.6 Å². The molecule has 4 saturated carbocycles. The molecule has 4 rings (SSSR count). The van der Waals surface area contributed by atoms with Gasteiger partial charge in [0, 0.05) is 23.7 Å². The van der Waals surface area contributed by atoms with Gasteiger partial charge in [0.2, 0.25) is 0 Å². The van der Waals surface area contributed by atoms with Crippen molar-refractivity contribution in [1.82, 2.24) is 0 Å². The third-order valence-corrected chi connectivity index (χ3v) is 8.97. The lowest BCUT2D eigenvalue weighted by molar-refractivity contribution is -0.129. The Hall–Kier alpha value is -0.660. The Labute approximate surface area is 135 Å². The third kappa shape index (κ3) is 1.73. The maximum absolute atomic E-state index is 11.6. The molecule has 2 nitrogen and oxygen atoms in total. The minimum Gasteiger partial charge on any atom is -0.299 e. The Balaban J connectivity index is 0.000000131. The Bertz CT molecular complexity index is 482. The van der Waals surface area contributed by atoms with Gasteiger partial charge in [0.05, 0.1) is 0 Å². The molecule has 124 valence electrons. The molecule has 4 atom stereocenters. The number of ketones is 2. The van der Waals surface area contributed by atoms with Gasteiger partial charge in [-0.2, -0.15) is 0 Å². The van der Waals surface area contributed by atoms with Crippen LogP contribution in [0.25, 0.3) is 0 Å². The van der Waals surface area contributed by atoms with E-state index in [-0.39, 0.29) is 21.7 Å². The van der Waals surface area contributed by atoms with Gasteiger partial charge in [-0.15, -0.1) is 0 Å². The summed E-state index contributed by atoms with van der Waals surface area (Å²) in [5, 5.41) is 0. The van der Waals surface area contributed by atoms with Crippen LogP contribution in [0.2, 0.25) is 0 Å². The van der Waals surface area contributed by atoms with Crippen LogP contribution in [0.3, 0.4) is 0 Å².